The third-order valence-electron chi connectivity index (χ3n) is 3.87. The Hall–Kier alpha value is -1.30. The van der Waals surface area contributed by atoms with Gasteiger partial charge < -0.3 is 15.8 Å². The van der Waals surface area contributed by atoms with Crippen LogP contribution in [-0.4, -0.2) is 23.0 Å². The summed E-state index contributed by atoms with van der Waals surface area (Å²) < 4.78 is 9.11. The quantitative estimate of drug-likeness (QED) is 0.834. The molecule has 1 aliphatic rings. The average molecular weight is 297 g/mol. The van der Waals surface area contributed by atoms with Crippen molar-refractivity contribution in [2.24, 2.45) is 5.41 Å². The first-order valence-electron chi connectivity index (χ1n) is 7.12. The number of nitrogens with one attached hydrogen (secondary N) is 1. The number of hydrogen-bond acceptors (Lipinski definition) is 6. The van der Waals surface area contributed by atoms with E-state index in [-0.39, 0.29) is 5.82 Å². The molecular weight excluding hydrogens is 274 g/mol. The molecule has 1 aromatic rings. The highest BCUT2D eigenvalue weighted by Gasteiger charge is 2.29. The second kappa shape index (κ2) is 5.99. The SMILES string of the molecule is CCOC(=O)c1c(N)nsc1NC1CCC(C)(C)CC1. The van der Waals surface area contributed by atoms with Crippen molar-refractivity contribution >= 4 is 28.3 Å². The van der Waals surface area contributed by atoms with Crippen LogP contribution in [0.5, 0.6) is 0 Å². The fraction of sp³-hybridized carbons (Fsp3) is 0.714. The van der Waals surface area contributed by atoms with E-state index in [1.807, 2.05) is 0 Å². The van der Waals surface area contributed by atoms with Gasteiger partial charge in [-0.3, -0.25) is 0 Å². The molecule has 0 radical (unpaired) electrons. The van der Waals surface area contributed by atoms with E-state index in [0.29, 0.717) is 23.6 Å². The molecule has 3 N–H and O–H groups in total. The topological polar surface area (TPSA) is 77.2 Å². The Morgan fingerprint density at radius 2 is 2.15 bits per heavy atom. The third-order valence-corrected chi connectivity index (χ3v) is 4.66. The van der Waals surface area contributed by atoms with Gasteiger partial charge in [-0.15, -0.1) is 0 Å². The Kier molecular flexibility index (Phi) is 4.52. The zero-order valence-electron chi connectivity index (χ0n) is 12.4. The lowest BCUT2D eigenvalue weighted by molar-refractivity contribution is 0.0529. The summed E-state index contributed by atoms with van der Waals surface area (Å²) in [7, 11) is 0. The minimum absolute atomic E-state index is 0.257. The highest BCUT2D eigenvalue weighted by molar-refractivity contribution is 7.11. The summed E-state index contributed by atoms with van der Waals surface area (Å²) in [5.74, 6) is -0.135. The highest BCUT2D eigenvalue weighted by atomic mass is 32.1. The minimum atomic E-state index is -0.391. The van der Waals surface area contributed by atoms with Crippen LogP contribution >= 0.6 is 11.5 Å². The lowest BCUT2D eigenvalue weighted by Crippen LogP contribution is -2.30. The number of rotatable bonds is 4. The molecular formula is C14H23N3O2S. The van der Waals surface area contributed by atoms with Crippen molar-refractivity contribution < 1.29 is 9.53 Å². The molecule has 1 heterocycles. The van der Waals surface area contributed by atoms with Crippen molar-refractivity contribution in [3.8, 4) is 0 Å². The number of esters is 1. The highest BCUT2D eigenvalue weighted by Crippen LogP contribution is 2.37. The Balaban J connectivity index is 2.05. The Morgan fingerprint density at radius 1 is 1.50 bits per heavy atom. The first-order chi connectivity index (χ1) is 9.43. The van der Waals surface area contributed by atoms with Crippen LogP contribution in [0.4, 0.5) is 10.8 Å². The molecule has 0 amide bonds. The van der Waals surface area contributed by atoms with Gasteiger partial charge in [0.15, 0.2) is 5.82 Å². The Morgan fingerprint density at radius 3 is 2.75 bits per heavy atom. The van der Waals surface area contributed by atoms with Crippen LogP contribution in [0.25, 0.3) is 0 Å². The van der Waals surface area contributed by atoms with Gasteiger partial charge in [-0.05, 0) is 49.6 Å². The molecule has 0 aromatic carbocycles. The van der Waals surface area contributed by atoms with E-state index in [2.05, 4.69) is 23.5 Å². The van der Waals surface area contributed by atoms with E-state index >= 15 is 0 Å². The maximum atomic E-state index is 11.9. The van der Waals surface area contributed by atoms with Crippen LogP contribution in [-0.2, 0) is 4.74 Å². The summed E-state index contributed by atoms with van der Waals surface area (Å²) >= 11 is 1.24. The van der Waals surface area contributed by atoms with Crippen LogP contribution < -0.4 is 11.1 Å². The molecule has 0 saturated heterocycles. The zero-order chi connectivity index (χ0) is 14.8. The molecule has 1 saturated carbocycles. The number of carbonyl (C=O) groups excluding carboxylic acids is 1. The van der Waals surface area contributed by atoms with Gasteiger partial charge in [-0.1, -0.05) is 13.8 Å². The standard InChI is InChI=1S/C14H23N3O2S/c1-4-19-13(18)10-11(15)17-20-12(10)16-9-5-7-14(2,3)8-6-9/h9,16H,4-8H2,1-3H3,(H2,15,17). The Bertz CT molecular complexity index is 475. The van der Waals surface area contributed by atoms with Gasteiger partial charge in [0.2, 0.25) is 0 Å². The number of anilines is 2. The van der Waals surface area contributed by atoms with Crippen LogP contribution in [0.2, 0.25) is 0 Å². The molecule has 0 aliphatic heterocycles. The van der Waals surface area contributed by atoms with Gasteiger partial charge >= 0.3 is 5.97 Å². The molecule has 1 aliphatic carbocycles. The number of aromatic nitrogens is 1. The van der Waals surface area contributed by atoms with E-state index in [0.717, 1.165) is 17.8 Å². The van der Waals surface area contributed by atoms with Gasteiger partial charge in [-0.25, -0.2) is 4.79 Å². The molecule has 6 heteroatoms. The van der Waals surface area contributed by atoms with Crippen LogP contribution in [0.15, 0.2) is 0 Å². The molecule has 5 nitrogen and oxygen atoms in total. The van der Waals surface area contributed by atoms with Crippen LogP contribution in [0.1, 0.15) is 56.8 Å². The molecule has 1 fully saturated rings. The fourth-order valence-electron chi connectivity index (χ4n) is 2.53. The fourth-order valence-corrected chi connectivity index (χ4v) is 3.31. The molecule has 20 heavy (non-hydrogen) atoms. The van der Waals surface area contributed by atoms with Crippen molar-refractivity contribution in [2.45, 2.75) is 52.5 Å². The first kappa shape index (κ1) is 15.1. The maximum absolute atomic E-state index is 11.9. The van der Waals surface area contributed by atoms with Crippen molar-refractivity contribution in [1.29, 1.82) is 0 Å². The van der Waals surface area contributed by atoms with Gasteiger partial charge in [0, 0.05) is 6.04 Å². The first-order valence-corrected chi connectivity index (χ1v) is 7.89. The smallest absolute Gasteiger partial charge is 0.344 e. The van der Waals surface area contributed by atoms with E-state index < -0.39 is 5.97 Å². The second-order valence-electron chi connectivity index (χ2n) is 6.08. The van der Waals surface area contributed by atoms with Crippen LogP contribution in [0, 0.1) is 5.41 Å². The predicted octanol–water partition coefficient (Wildman–Crippen LogP) is 3.28. The van der Waals surface area contributed by atoms with Gasteiger partial charge in [0.1, 0.15) is 10.6 Å². The molecule has 0 atom stereocenters. The predicted molar refractivity (Wildman–Crippen MR) is 82.1 cm³/mol. The van der Waals surface area contributed by atoms with Gasteiger partial charge in [0.25, 0.3) is 0 Å². The maximum Gasteiger partial charge on any atom is 0.344 e. The Labute approximate surface area is 124 Å². The van der Waals surface area contributed by atoms with E-state index in [1.54, 1.807) is 6.92 Å². The zero-order valence-corrected chi connectivity index (χ0v) is 13.2. The van der Waals surface area contributed by atoms with E-state index in [4.69, 9.17) is 10.5 Å². The average Bonchev–Trinajstić information content (AvgIpc) is 2.73. The van der Waals surface area contributed by atoms with Gasteiger partial charge in [0.05, 0.1) is 6.61 Å². The monoisotopic (exact) mass is 297 g/mol. The number of ether oxygens (including phenoxy) is 1. The summed E-state index contributed by atoms with van der Waals surface area (Å²) in [5, 5.41) is 4.16. The van der Waals surface area contributed by atoms with E-state index in [1.165, 1.54) is 24.4 Å². The summed E-state index contributed by atoms with van der Waals surface area (Å²) in [6, 6.07) is 0.385. The number of carbonyl (C=O) groups is 1. The number of nitrogens with zero attached hydrogens (tertiary/aromatic N) is 1. The van der Waals surface area contributed by atoms with Crippen molar-refractivity contribution in [1.82, 2.24) is 4.37 Å². The minimum Gasteiger partial charge on any atom is -0.462 e. The van der Waals surface area contributed by atoms with E-state index in [9.17, 15) is 4.79 Å². The largest absolute Gasteiger partial charge is 0.462 e. The van der Waals surface area contributed by atoms with Crippen molar-refractivity contribution in [3.63, 3.8) is 0 Å². The molecule has 112 valence electrons. The van der Waals surface area contributed by atoms with Crippen molar-refractivity contribution in [3.05, 3.63) is 5.56 Å². The molecule has 2 rings (SSSR count). The van der Waals surface area contributed by atoms with Gasteiger partial charge in [-0.2, -0.15) is 4.37 Å². The van der Waals surface area contributed by atoms with Crippen LogP contribution in [0.3, 0.4) is 0 Å². The normalized spacial score (nSPS) is 18.8. The summed E-state index contributed by atoms with van der Waals surface area (Å²) in [6.07, 6.45) is 4.58. The second-order valence-corrected chi connectivity index (χ2v) is 6.85. The molecule has 0 unspecified atom stereocenters. The summed E-state index contributed by atoms with van der Waals surface area (Å²) in [4.78, 5) is 11.9. The lowest BCUT2D eigenvalue weighted by atomic mass is 9.75. The van der Waals surface area contributed by atoms with Crippen molar-refractivity contribution in [2.75, 3.05) is 17.7 Å². The summed E-state index contributed by atoms with van der Waals surface area (Å²) in [5.41, 5.74) is 6.60. The lowest BCUT2D eigenvalue weighted by Gasteiger charge is -2.34. The summed E-state index contributed by atoms with van der Waals surface area (Å²) in [6.45, 7) is 6.73. The molecule has 1 aromatic heterocycles. The number of nitrogens with two attached hydrogens (primary N) is 1. The third kappa shape index (κ3) is 3.42. The molecule has 0 bridgehead atoms. The number of hydrogen-bond donors (Lipinski definition) is 2. The number of nitrogen functional groups attached to an aromatic ring is 1. The molecule has 0 spiro atoms.